The van der Waals surface area contributed by atoms with Crippen molar-refractivity contribution in [1.82, 2.24) is 15.0 Å². The van der Waals surface area contributed by atoms with E-state index in [4.69, 9.17) is 0 Å². The number of hydrogen-bond donors (Lipinski definition) is 1. The summed E-state index contributed by atoms with van der Waals surface area (Å²) in [5.74, 6) is 0. The van der Waals surface area contributed by atoms with Crippen LogP contribution in [0, 0.1) is 10.6 Å². The van der Waals surface area contributed by atoms with E-state index in [0.717, 1.165) is 26.8 Å². The largest absolute Gasteiger partial charge is 0.344 e. The molecule has 0 bridgehead atoms. The maximum atomic E-state index is 4.66. The van der Waals surface area contributed by atoms with Gasteiger partial charge in [-0.05, 0) is 12.1 Å². The third-order valence-electron chi connectivity index (χ3n) is 3.11. The quantitative estimate of drug-likeness (QED) is 0.689. The number of pyridine rings is 1. The molecule has 2 aliphatic heterocycles. The number of H-pyrrole nitrogens is 1. The number of allylic oxidation sites excluding steroid dienone is 1. The van der Waals surface area contributed by atoms with E-state index in [2.05, 4.69) is 24.9 Å². The lowest BCUT2D eigenvalue weighted by Crippen LogP contribution is -2.17. The summed E-state index contributed by atoms with van der Waals surface area (Å²) in [6.45, 7) is 0. The number of nitrogens with zero attached hydrogens (tertiary/aromatic N) is 4. The number of hydrogen-bond acceptors (Lipinski definition) is 4. The zero-order valence-corrected chi connectivity index (χ0v) is 9.41. The molecule has 18 heavy (non-hydrogen) atoms. The highest BCUT2D eigenvalue weighted by Crippen LogP contribution is 2.13. The average Bonchev–Trinajstić information content (AvgIpc) is 2.84. The van der Waals surface area contributed by atoms with Gasteiger partial charge in [0.25, 0.3) is 0 Å². The molecule has 4 heterocycles. The van der Waals surface area contributed by atoms with Crippen LogP contribution in [0.1, 0.15) is 0 Å². The van der Waals surface area contributed by atoms with Crippen molar-refractivity contribution in [1.29, 1.82) is 0 Å². The Hall–Kier alpha value is -2.56. The topological polar surface area (TPSA) is 66.3 Å². The SMILES string of the molecule is C1=CC2=c3nc[nH]c3=c3cnccc3=NC2N=C1. The fraction of sp³-hybridized carbons (Fsp3) is 0.0769. The minimum Gasteiger partial charge on any atom is -0.344 e. The van der Waals surface area contributed by atoms with Gasteiger partial charge in [-0.1, -0.05) is 6.08 Å². The van der Waals surface area contributed by atoms with Crippen LogP contribution in [0.15, 0.2) is 46.9 Å². The van der Waals surface area contributed by atoms with E-state index in [1.54, 1.807) is 24.9 Å². The van der Waals surface area contributed by atoms with Crippen LogP contribution in [0.2, 0.25) is 0 Å². The van der Waals surface area contributed by atoms with Crippen molar-refractivity contribution >= 4 is 11.8 Å². The van der Waals surface area contributed by atoms with Crippen LogP contribution in [-0.2, 0) is 0 Å². The van der Waals surface area contributed by atoms with Gasteiger partial charge >= 0.3 is 0 Å². The van der Waals surface area contributed by atoms with Gasteiger partial charge in [0.1, 0.15) is 0 Å². The molecule has 86 valence electrons. The van der Waals surface area contributed by atoms with Gasteiger partial charge in [0, 0.05) is 29.4 Å². The van der Waals surface area contributed by atoms with Crippen LogP contribution in [0.4, 0.5) is 0 Å². The summed E-state index contributed by atoms with van der Waals surface area (Å²) in [5.41, 5.74) is 1.02. The lowest BCUT2D eigenvalue weighted by molar-refractivity contribution is 0.861. The summed E-state index contributed by atoms with van der Waals surface area (Å²) in [4.78, 5) is 20.8. The number of fused-ring (bicyclic) bond motifs is 3. The molecule has 2 aromatic heterocycles. The molecule has 0 aliphatic carbocycles. The monoisotopic (exact) mass is 235 g/mol. The fourth-order valence-corrected chi connectivity index (χ4v) is 2.29. The molecule has 0 saturated heterocycles. The highest BCUT2D eigenvalue weighted by atomic mass is 15.0. The van der Waals surface area contributed by atoms with Gasteiger partial charge in [-0.15, -0.1) is 0 Å². The van der Waals surface area contributed by atoms with Gasteiger partial charge < -0.3 is 4.98 Å². The first-order valence-corrected chi connectivity index (χ1v) is 5.69. The Balaban J connectivity index is 2.36. The van der Waals surface area contributed by atoms with E-state index in [9.17, 15) is 0 Å². The number of aromatic amines is 1. The number of imidazole rings is 1. The maximum absolute atomic E-state index is 4.66. The van der Waals surface area contributed by atoms with Crippen molar-refractivity contribution in [2.75, 3.05) is 0 Å². The van der Waals surface area contributed by atoms with Crippen molar-refractivity contribution < 1.29 is 0 Å². The number of dihydropyridines is 1. The number of nitrogens with one attached hydrogen (secondary N) is 1. The fourth-order valence-electron chi connectivity index (χ4n) is 2.29. The van der Waals surface area contributed by atoms with Crippen LogP contribution in [0.25, 0.3) is 5.57 Å². The molecule has 0 fully saturated rings. The Labute approximate surface area is 102 Å². The molecule has 0 spiro atoms. The third kappa shape index (κ3) is 1.21. The second-order valence-corrected chi connectivity index (χ2v) is 4.13. The van der Waals surface area contributed by atoms with Gasteiger partial charge in [-0.2, -0.15) is 0 Å². The predicted octanol–water partition coefficient (Wildman–Crippen LogP) is -0.158. The Morgan fingerprint density at radius 2 is 2.28 bits per heavy atom. The molecular weight excluding hydrogens is 226 g/mol. The molecule has 5 nitrogen and oxygen atoms in total. The molecule has 0 aromatic carbocycles. The molecule has 1 N–H and O–H groups in total. The first-order valence-electron chi connectivity index (χ1n) is 5.69. The van der Waals surface area contributed by atoms with E-state index in [0.29, 0.717) is 0 Å². The van der Waals surface area contributed by atoms with Crippen molar-refractivity contribution in [3.8, 4) is 0 Å². The summed E-state index contributed by atoms with van der Waals surface area (Å²) in [6.07, 6.45) is 10.7. The molecule has 2 aliphatic rings. The predicted molar refractivity (Wildman–Crippen MR) is 66.1 cm³/mol. The van der Waals surface area contributed by atoms with Crippen molar-refractivity contribution in [3.05, 3.63) is 58.2 Å². The number of aromatic nitrogens is 3. The van der Waals surface area contributed by atoms with Gasteiger partial charge in [-0.25, -0.2) is 4.98 Å². The van der Waals surface area contributed by atoms with Gasteiger partial charge in [0.2, 0.25) is 0 Å². The van der Waals surface area contributed by atoms with E-state index >= 15 is 0 Å². The Bertz CT molecular complexity index is 888. The van der Waals surface area contributed by atoms with Gasteiger partial charge in [0.15, 0.2) is 6.17 Å². The molecule has 5 heteroatoms. The molecule has 0 radical (unpaired) electrons. The molecule has 0 saturated carbocycles. The standard InChI is InChI=1S/C13H9N5/c1-2-8-11-12(17-7-16-11)9-6-14-5-3-10(9)18-13(8)15-4-1/h1-7,13H,(H,16,17). The Morgan fingerprint density at radius 3 is 3.28 bits per heavy atom. The number of rotatable bonds is 0. The molecular formula is C13H9N5. The average molecular weight is 235 g/mol. The van der Waals surface area contributed by atoms with Crippen LogP contribution >= 0.6 is 0 Å². The summed E-state index contributed by atoms with van der Waals surface area (Å²) >= 11 is 0. The smallest absolute Gasteiger partial charge is 0.167 e. The summed E-state index contributed by atoms with van der Waals surface area (Å²) < 4.78 is 0. The van der Waals surface area contributed by atoms with Gasteiger partial charge in [-0.3, -0.25) is 15.0 Å². The molecule has 1 atom stereocenters. The zero-order valence-electron chi connectivity index (χ0n) is 9.41. The van der Waals surface area contributed by atoms with Crippen LogP contribution in [-0.4, -0.2) is 27.3 Å². The molecule has 0 amide bonds. The first kappa shape index (κ1) is 9.47. The van der Waals surface area contributed by atoms with E-state index in [1.165, 1.54) is 0 Å². The first-order chi connectivity index (χ1) is 8.93. The van der Waals surface area contributed by atoms with Gasteiger partial charge in [0.05, 0.1) is 22.4 Å². The van der Waals surface area contributed by atoms with E-state index < -0.39 is 0 Å². The summed E-state index contributed by atoms with van der Waals surface area (Å²) in [5, 5.41) is 3.73. The van der Waals surface area contributed by atoms with Crippen LogP contribution in [0.3, 0.4) is 0 Å². The van der Waals surface area contributed by atoms with Crippen LogP contribution < -0.4 is 10.7 Å². The van der Waals surface area contributed by atoms with Crippen molar-refractivity contribution in [2.24, 2.45) is 9.98 Å². The summed E-state index contributed by atoms with van der Waals surface area (Å²) in [6, 6.07) is 1.90. The molecule has 4 rings (SSSR count). The van der Waals surface area contributed by atoms with E-state index in [1.807, 2.05) is 18.2 Å². The van der Waals surface area contributed by atoms with Crippen LogP contribution in [0.5, 0.6) is 0 Å². The summed E-state index contributed by atoms with van der Waals surface area (Å²) in [7, 11) is 0. The highest BCUT2D eigenvalue weighted by molar-refractivity contribution is 5.81. The number of aliphatic imine (C=N–C) groups is 1. The highest BCUT2D eigenvalue weighted by Gasteiger charge is 2.15. The normalized spacial score (nSPS) is 19.6. The van der Waals surface area contributed by atoms with Crippen molar-refractivity contribution in [3.63, 3.8) is 0 Å². The zero-order chi connectivity index (χ0) is 11.9. The van der Waals surface area contributed by atoms with E-state index in [-0.39, 0.29) is 6.17 Å². The third-order valence-corrected chi connectivity index (χ3v) is 3.11. The Kier molecular flexibility index (Phi) is 1.82. The van der Waals surface area contributed by atoms with Crippen molar-refractivity contribution in [2.45, 2.75) is 6.17 Å². The minimum atomic E-state index is -0.208. The molecule has 1 unspecified atom stereocenters. The maximum Gasteiger partial charge on any atom is 0.167 e. The molecule has 2 aromatic rings. The second-order valence-electron chi connectivity index (χ2n) is 4.13. The lowest BCUT2D eigenvalue weighted by atomic mass is 10.1. The Morgan fingerprint density at radius 1 is 1.28 bits per heavy atom. The minimum absolute atomic E-state index is 0.208. The second kappa shape index (κ2) is 3.46. The lowest BCUT2D eigenvalue weighted by Gasteiger charge is -2.09.